The van der Waals surface area contributed by atoms with Gasteiger partial charge in [0.1, 0.15) is 11.3 Å². The maximum Gasteiger partial charge on any atom is 0.328 e. The van der Waals surface area contributed by atoms with Gasteiger partial charge in [0, 0.05) is 24.3 Å². The lowest BCUT2D eigenvalue weighted by molar-refractivity contribution is 0.246. The van der Waals surface area contributed by atoms with E-state index in [-0.39, 0.29) is 4.90 Å². The summed E-state index contributed by atoms with van der Waals surface area (Å²) in [5, 5.41) is 2.64. The lowest BCUT2D eigenvalue weighted by Crippen LogP contribution is -2.40. The monoisotopic (exact) mass is 575 g/mol. The summed E-state index contributed by atoms with van der Waals surface area (Å²) in [5.74, 6) is 1.03. The van der Waals surface area contributed by atoms with Crippen molar-refractivity contribution in [3.8, 4) is 5.69 Å². The molecule has 0 aliphatic rings. The molecule has 9 heteroatoms. The van der Waals surface area contributed by atoms with E-state index in [0.717, 1.165) is 57.9 Å². The summed E-state index contributed by atoms with van der Waals surface area (Å²) in [7, 11) is -3.92. The zero-order valence-electron chi connectivity index (χ0n) is 24.5. The van der Waals surface area contributed by atoms with Gasteiger partial charge in [-0.25, -0.2) is 27.9 Å². The lowest BCUT2D eigenvalue weighted by Gasteiger charge is -2.11. The van der Waals surface area contributed by atoms with Crippen molar-refractivity contribution in [3.05, 3.63) is 82.8 Å². The van der Waals surface area contributed by atoms with Crippen LogP contribution >= 0.6 is 0 Å². The molecule has 2 aromatic carbocycles. The standard InChI is InChI=1S/C32H41N5O3S/c1-5-6-7-8-9-10-11-29-35-30-24(3)22-25(4)34-31(30)37(29)27-16-14-26(15-17-27)20-21-33-32(38)36-41(39,40)28-18-12-23(2)13-19-28/h12-19,22H,5-11,20-21H2,1-4H3,(H2,33,36,38). The predicted octanol–water partition coefficient (Wildman–Crippen LogP) is 6.48. The highest BCUT2D eigenvalue weighted by Crippen LogP contribution is 2.25. The van der Waals surface area contributed by atoms with Crippen LogP contribution in [-0.4, -0.2) is 35.5 Å². The molecule has 0 fully saturated rings. The van der Waals surface area contributed by atoms with Gasteiger partial charge in [0.2, 0.25) is 0 Å². The Balaban J connectivity index is 1.41. The number of amides is 2. The Kier molecular flexibility index (Phi) is 10.2. The number of imidazole rings is 1. The molecule has 4 aromatic rings. The van der Waals surface area contributed by atoms with Gasteiger partial charge in [-0.1, -0.05) is 68.9 Å². The van der Waals surface area contributed by atoms with Crippen molar-refractivity contribution in [2.24, 2.45) is 0 Å². The molecule has 2 aromatic heterocycles. The van der Waals surface area contributed by atoms with Crippen molar-refractivity contribution in [3.63, 3.8) is 0 Å². The number of hydrogen-bond acceptors (Lipinski definition) is 5. The fourth-order valence-corrected chi connectivity index (χ4v) is 5.90. The number of aromatic nitrogens is 3. The molecular weight excluding hydrogens is 534 g/mol. The number of carbonyl (C=O) groups excluding carboxylic acids is 1. The zero-order valence-corrected chi connectivity index (χ0v) is 25.4. The van der Waals surface area contributed by atoms with Crippen LogP contribution in [0, 0.1) is 20.8 Å². The molecule has 2 heterocycles. The molecule has 0 saturated heterocycles. The largest absolute Gasteiger partial charge is 0.337 e. The van der Waals surface area contributed by atoms with E-state index in [2.05, 4.69) is 46.7 Å². The Hall–Kier alpha value is -3.72. The lowest BCUT2D eigenvalue weighted by atomic mass is 10.1. The van der Waals surface area contributed by atoms with Crippen LogP contribution in [-0.2, 0) is 22.9 Å². The van der Waals surface area contributed by atoms with E-state index in [1.165, 1.54) is 44.2 Å². The summed E-state index contributed by atoms with van der Waals surface area (Å²) in [6.45, 7) is 8.50. The number of hydrogen-bond donors (Lipinski definition) is 2. The number of nitrogens with zero attached hydrogens (tertiary/aromatic N) is 3. The van der Waals surface area contributed by atoms with Crippen molar-refractivity contribution >= 4 is 27.2 Å². The summed E-state index contributed by atoms with van der Waals surface area (Å²) in [6, 6.07) is 15.8. The molecule has 0 unspecified atom stereocenters. The highest BCUT2D eigenvalue weighted by atomic mass is 32.2. The molecule has 41 heavy (non-hydrogen) atoms. The van der Waals surface area contributed by atoms with Crippen LogP contribution in [0.1, 0.15) is 73.7 Å². The Labute approximate surface area is 243 Å². The van der Waals surface area contributed by atoms with Crippen LogP contribution in [0.3, 0.4) is 0 Å². The van der Waals surface area contributed by atoms with Gasteiger partial charge < -0.3 is 5.32 Å². The number of aryl methyl sites for hydroxylation is 4. The van der Waals surface area contributed by atoms with E-state index in [9.17, 15) is 13.2 Å². The molecule has 8 nitrogen and oxygen atoms in total. The van der Waals surface area contributed by atoms with Crippen molar-refractivity contribution in [1.82, 2.24) is 24.6 Å². The smallest absolute Gasteiger partial charge is 0.328 e. The molecule has 0 radical (unpaired) electrons. The van der Waals surface area contributed by atoms with Gasteiger partial charge in [-0.05, 0) is 75.1 Å². The number of nitrogens with one attached hydrogen (secondary N) is 2. The second-order valence-corrected chi connectivity index (χ2v) is 12.4. The van der Waals surface area contributed by atoms with Crippen molar-refractivity contribution in [2.75, 3.05) is 6.54 Å². The fraction of sp³-hybridized carbons (Fsp3) is 0.406. The van der Waals surface area contributed by atoms with Gasteiger partial charge in [0.25, 0.3) is 10.0 Å². The first kappa shape index (κ1) is 30.2. The minimum absolute atomic E-state index is 0.0524. The highest BCUT2D eigenvalue weighted by molar-refractivity contribution is 7.90. The third-order valence-corrected chi connectivity index (χ3v) is 8.56. The number of rotatable bonds is 13. The van der Waals surface area contributed by atoms with Crippen LogP contribution in [0.2, 0.25) is 0 Å². The number of benzene rings is 2. The Morgan fingerprint density at radius 1 is 0.854 bits per heavy atom. The first-order valence-corrected chi connectivity index (χ1v) is 16.0. The summed E-state index contributed by atoms with van der Waals surface area (Å²) in [4.78, 5) is 22.2. The van der Waals surface area contributed by atoms with E-state index in [0.29, 0.717) is 13.0 Å². The number of urea groups is 1. The summed E-state index contributed by atoms with van der Waals surface area (Å²) < 4.78 is 29.1. The van der Waals surface area contributed by atoms with Gasteiger partial charge in [0.05, 0.1) is 4.90 Å². The third kappa shape index (κ3) is 7.94. The molecule has 0 aliphatic heterocycles. The maximum absolute atomic E-state index is 12.4. The number of sulfonamides is 1. The topological polar surface area (TPSA) is 106 Å². The van der Waals surface area contributed by atoms with E-state index >= 15 is 0 Å². The van der Waals surface area contributed by atoms with Crippen LogP contribution in [0.5, 0.6) is 0 Å². The normalized spacial score (nSPS) is 11.6. The molecule has 0 atom stereocenters. The first-order chi connectivity index (χ1) is 19.7. The Morgan fingerprint density at radius 2 is 1.54 bits per heavy atom. The van der Waals surface area contributed by atoms with E-state index in [4.69, 9.17) is 9.97 Å². The van der Waals surface area contributed by atoms with Crippen LogP contribution in [0.15, 0.2) is 59.5 Å². The predicted molar refractivity (Wildman–Crippen MR) is 164 cm³/mol. The Morgan fingerprint density at radius 3 is 2.24 bits per heavy atom. The first-order valence-electron chi connectivity index (χ1n) is 14.5. The summed E-state index contributed by atoms with van der Waals surface area (Å²) in [6.07, 6.45) is 8.82. The van der Waals surface area contributed by atoms with Crippen molar-refractivity contribution < 1.29 is 13.2 Å². The molecule has 4 rings (SSSR count). The van der Waals surface area contributed by atoms with Crippen LogP contribution in [0.4, 0.5) is 4.79 Å². The molecule has 0 spiro atoms. The molecule has 218 valence electrons. The fourth-order valence-electron chi connectivity index (χ4n) is 4.97. The molecule has 0 bridgehead atoms. The minimum Gasteiger partial charge on any atom is -0.337 e. The second-order valence-electron chi connectivity index (χ2n) is 10.7. The maximum atomic E-state index is 12.4. The molecule has 2 N–H and O–H groups in total. The van der Waals surface area contributed by atoms with E-state index in [1.54, 1.807) is 12.1 Å². The Bertz CT molecular complexity index is 1580. The molecule has 0 aliphatic carbocycles. The van der Waals surface area contributed by atoms with Gasteiger partial charge in [-0.2, -0.15) is 0 Å². The average Bonchev–Trinajstić information content (AvgIpc) is 3.29. The van der Waals surface area contributed by atoms with Gasteiger partial charge >= 0.3 is 6.03 Å². The number of pyridine rings is 1. The molecular formula is C32H41N5O3S. The number of carbonyl (C=O) groups is 1. The van der Waals surface area contributed by atoms with Gasteiger partial charge in [-0.3, -0.25) is 4.57 Å². The number of fused-ring (bicyclic) bond motifs is 1. The molecule has 0 saturated carbocycles. The quantitative estimate of drug-likeness (QED) is 0.178. The van der Waals surface area contributed by atoms with E-state index in [1.807, 2.05) is 26.0 Å². The molecule has 2 amide bonds. The highest BCUT2D eigenvalue weighted by Gasteiger charge is 2.18. The summed E-state index contributed by atoms with van der Waals surface area (Å²) in [5.41, 5.74) is 6.88. The SMILES string of the molecule is CCCCCCCCc1nc2c(C)cc(C)nc2n1-c1ccc(CCNC(=O)NS(=O)(=O)c2ccc(C)cc2)cc1. The van der Waals surface area contributed by atoms with Gasteiger partial charge in [-0.15, -0.1) is 0 Å². The number of unbranched alkanes of at least 4 members (excludes halogenated alkanes) is 5. The van der Waals surface area contributed by atoms with Crippen molar-refractivity contribution in [1.29, 1.82) is 0 Å². The zero-order chi connectivity index (χ0) is 29.4. The average molecular weight is 576 g/mol. The van der Waals surface area contributed by atoms with Crippen LogP contribution in [0.25, 0.3) is 16.9 Å². The minimum atomic E-state index is -3.92. The van der Waals surface area contributed by atoms with Crippen LogP contribution < -0.4 is 10.0 Å². The summed E-state index contributed by atoms with van der Waals surface area (Å²) >= 11 is 0. The second kappa shape index (κ2) is 13.8. The third-order valence-electron chi connectivity index (χ3n) is 7.21. The van der Waals surface area contributed by atoms with Gasteiger partial charge in [0.15, 0.2) is 5.65 Å². The van der Waals surface area contributed by atoms with E-state index < -0.39 is 16.1 Å². The van der Waals surface area contributed by atoms with Crippen molar-refractivity contribution in [2.45, 2.75) is 84.0 Å².